The van der Waals surface area contributed by atoms with Crippen LogP contribution in [-0.2, 0) is 0 Å². The normalized spacial score (nSPS) is 11.7. The van der Waals surface area contributed by atoms with Gasteiger partial charge < -0.3 is 9.15 Å². The van der Waals surface area contributed by atoms with Crippen molar-refractivity contribution in [2.24, 2.45) is 5.10 Å². The van der Waals surface area contributed by atoms with Crippen LogP contribution in [0.4, 0.5) is 0 Å². The molecule has 1 aromatic heterocycles. The van der Waals surface area contributed by atoms with Crippen molar-refractivity contribution >= 4 is 11.6 Å². The van der Waals surface area contributed by atoms with Crippen LogP contribution in [0, 0.1) is 13.8 Å². The number of benzene rings is 1. The van der Waals surface area contributed by atoms with Gasteiger partial charge in [0.2, 0.25) is 0 Å². The van der Waals surface area contributed by atoms with Gasteiger partial charge in [-0.2, -0.15) is 5.10 Å². The molecule has 122 valence electrons. The number of carbonyl (C=O) groups excluding carboxylic acids is 1. The van der Waals surface area contributed by atoms with Crippen LogP contribution in [0.1, 0.15) is 48.2 Å². The highest BCUT2D eigenvalue weighted by atomic mass is 16.5. The molecule has 2 aromatic rings. The van der Waals surface area contributed by atoms with E-state index in [2.05, 4.69) is 10.5 Å². The quantitative estimate of drug-likeness (QED) is 0.673. The van der Waals surface area contributed by atoms with Crippen molar-refractivity contribution in [3.8, 4) is 5.75 Å². The number of rotatable bonds is 5. The summed E-state index contributed by atoms with van der Waals surface area (Å²) in [4.78, 5) is 12.1. The molecule has 1 amide bonds. The molecule has 0 unspecified atom stereocenters. The zero-order chi connectivity index (χ0) is 17.0. The summed E-state index contributed by atoms with van der Waals surface area (Å²) >= 11 is 0. The molecule has 0 radical (unpaired) electrons. The Morgan fingerprint density at radius 2 is 1.87 bits per heavy atom. The zero-order valence-electron chi connectivity index (χ0n) is 14.1. The third-order valence-electron chi connectivity index (χ3n) is 3.25. The molecule has 0 saturated carbocycles. The van der Waals surface area contributed by atoms with Gasteiger partial charge in [0, 0.05) is 0 Å². The summed E-state index contributed by atoms with van der Waals surface area (Å²) in [5.41, 5.74) is 4.69. The van der Waals surface area contributed by atoms with E-state index < -0.39 is 0 Å². The van der Waals surface area contributed by atoms with Crippen LogP contribution in [0.2, 0.25) is 0 Å². The third kappa shape index (κ3) is 4.45. The van der Waals surface area contributed by atoms with E-state index in [1.807, 2.05) is 45.0 Å². The van der Waals surface area contributed by atoms with Gasteiger partial charge in [-0.05, 0) is 70.5 Å². The van der Waals surface area contributed by atoms with E-state index in [0.29, 0.717) is 22.8 Å². The van der Waals surface area contributed by atoms with Crippen molar-refractivity contribution in [3.05, 3.63) is 53.0 Å². The highest BCUT2D eigenvalue weighted by Gasteiger charge is 2.12. The first-order valence-corrected chi connectivity index (χ1v) is 7.55. The molecular weight excluding hydrogens is 292 g/mol. The van der Waals surface area contributed by atoms with Gasteiger partial charge in [-0.15, -0.1) is 0 Å². The summed E-state index contributed by atoms with van der Waals surface area (Å²) in [6, 6.07) is 9.30. The molecule has 0 aliphatic heterocycles. The van der Waals surface area contributed by atoms with E-state index in [0.717, 1.165) is 11.3 Å². The lowest BCUT2D eigenvalue weighted by Crippen LogP contribution is -2.19. The molecule has 0 fully saturated rings. The average Bonchev–Trinajstić information content (AvgIpc) is 2.83. The molecule has 1 aromatic carbocycles. The van der Waals surface area contributed by atoms with Crippen LogP contribution >= 0.6 is 0 Å². The molecule has 5 heteroatoms. The molecule has 0 aliphatic carbocycles. The minimum atomic E-state index is -0.279. The van der Waals surface area contributed by atoms with Gasteiger partial charge in [0.25, 0.3) is 5.91 Å². The first kappa shape index (κ1) is 16.8. The number of nitrogens with zero attached hydrogens (tertiary/aromatic N) is 1. The Hall–Kier alpha value is -2.56. The fourth-order valence-corrected chi connectivity index (χ4v) is 2.16. The molecule has 23 heavy (non-hydrogen) atoms. The molecule has 0 spiro atoms. The molecule has 1 heterocycles. The Kier molecular flexibility index (Phi) is 5.21. The van der Waals surface area contributed by atoms with Gasteiger partial charge >= 0.3 is 0 Å². The largest absolute Gasteiger partial charge is 0.491 e. The van der Waals surface area contributed by atoms with E-state index in [9.17, 15) is 4.79 Å². The standard InChI is InChI=1S/C18H22N2O3/c1-11(2)22-16-8-6-15(7-9-16)13(4)19-20-18(21)17-10-12(3)23-14(17)5/h6-11H,1-5H3,(H,20,21)/b19-13-. The number of hydrogen-bond donors (Lipinski definition) is 1. The molecule has 2 rings (SSSR count). The number of aryl methyl sites for hydroxylation is 2. The fraction of sp³-hybridized carbons (Fsp3) is 0.333. The number of ether oxygens (including phenoxy) is 1. The number of furan rings is 1. The second kappa shape index (κ2) is 7.13. The Morgan fingerprint density at radius 1 is 1.22 bits per heavy atom. The van der Waals surface area contributed by atoms with E-state index in [-0.39, 0.29) is 12.0 Å². The van der Waals surface area contributed by atoms with Crippen LogP contribution in [0.15, 0.2) is 39.9 Å². The predicted molar refractivity (Wildman–Crippen MR) is 90.1 cm³/mol. The fourth-order valence-electron chi connectivity index (χ4n) is 2.16. The minimum absolute atomic E-state index is 0.136. The van der Waals surface area contributed by atoms with Crippen LogP contribution in [-0.4, -0.2) is 17.7 Å². The van der Waals surface area contributed by atoms with Gasteiger partial charge in [0.1, 0.15) is 17.3 Å². The minimum Gasteiger partial charge on any atom is -0.491 e. The topological polar surface area (TPSA) is 63.8 Å². The summed E-state index contributed by atoms with van der Waals surface area (Å²) in [5.74, 6) is 1.82. The van der Waals surface area contributed by atoms with Gasteiger partial charge in [-0.1, -0.05) is 0 Å². The van der Waals surface area contributed by atoms with Gasteiger partial charge in [-0.3, -0.25) is 4.79 Å². The van der Waals surface area contributed by atoms with Crippen molar-refractivity contribution in [1.82, 2.24) is 5.43 Å². The Bertz CT molecular complexity index is 712. The summed E-state index contributed by atoms with van der Waals surface area (Å²) in [5, 5.41) is 4.15. The lowest BCUT2D eigenvalue weighted by Gasteiger charge is -2.10. The maximum atomic E-state index is 12.1. The number of hydrogen-bond acceptors (Lipinski definition) is 4. The number of carbonyl (C=O) groups is 1. The van der Waals surface area contributed by atoms with Crippen molar-refractivity contribution in [3.63, 3.8) is 0 Å². The number of amides is 1. The molecular formula is C18H22N2O3. The molecule has 0 aliphatic rings. The predicted octanol–water partition coefficient (Wildman–Crippen LogP) is 3.84. The maximum Gasteiger partial charge on any atom is 0.274 e. The molecule has 1 N–H and O–H groups in total. The van der Waals surface area contributed by atoms with Gasteiger partial charge in [0.05, 0.1) is 17.4 Å². The average molecular weight is 314 g/mol. The SMILES string of the molecule is C/C(=N/NC(=O)c1cc(C)oc1C)c1ccc(OC(C)C)cc1. The Balaban J connectivity index is 2.04. The highest BCUT2D eigenvalue weighted by molar-refractivity contribution is 6.01. The summed E-state index contributed by atoms with van der Waals surface area (Å²) in [6.07, 6.45) is 0.136. The van der Waals surface area contributed by atoms with E-state index in [1.54, 1.807) is 19.9 Å². The molecule has 0 atom stereocenters. The van der Waals surface area contributed by atoms with Gasteiger partial charge in [0.15, 0.2) is 0 Å². The lowest BCUT2D eigenvalue weighted by atomic mass is 10.1. The van der Waals surface area contributed by atoms with Crippen molar-refractivity contribution in [2.45, 2.75) is 40.7 Å². The smallest absolute Gasteiger partial charge is 0.274 e. The first-order chi connectivity index (χ1) is 10.9. The zero-order valence-corrected chi connectivity index (χ0v) is 14.1. The maximum absolute atomic E-state index is 12.1. The van der Waals surface area contributed by atoms with Gasteiger partial charge in [-0.25, -0.2) is 5.43 Å². The van der Waals surface area contributed by atoms with E-state index >= 15 is 0 Å². The van der Waals surface area contributed by atoms with Crippen molar-refractivity contribution in [1.29, 1.82) is 0 Å². The van der Waals surface area contributed by atoms with Crippen molar-refractivity contribution < 1.29 is 13.9 Å². The summed E-state index contributed by atoms with van der Waals surface area (Å²) < 4.78 is 10.9. The Labute approximate surface area is 136 Å². The van der Waals surface area contributed by atoms with Crippen LogP contribution < -0.4 is 10.2 Å². The van der Waals surface area contributed by atoms with Crippen LogP contribution in [0.3, 0.4) is 0 Å². The van der Waals surface area contributed by atoms with Crippen LogP contribution in [0.25, 0.3) is 0 Å². The summed E-state index contributed by atoms with van der Waals surface area (Å²) in [7, 11) is 0. The number of hydrazone groups is 1. The highest BCUT2D eigenvalue weighted by Crippen LogP contribution is 2.15. The number of nitrogens with one attached hydrogen (secondary N) is 1. The molecule has 0 saturated heterocycles. The Morgan fingerprint density at radius 3 is 2.39 bits per heavy atom. The molecule has 5 nitrogen and oxygen atoms in total. The van der Waals surface area contributed by atoms with E-state index in [1.165, 1.54) is 0 Å². The summed E-state index contributed by atoms with van der Waals surface area (Å²) in [6.45, 7) is 9.36. The molecule has 0 bridgehead atoms. The second-order valence-electron chi connectivity index (χ2n) is 5.66. The van der Waals surface area contributed by atoms with E-state index in [4.69, 9.17) is 9.15 Å². The van der Waals surface area contributed by atoms with Crippen molar-refractivity contribution in [2.75, 3.05) is 0 Å². The monoisotopic (exact) mass is 314 g/mol. The third-order valence-corrected chi connectivity index (χ3v) is 3.25. The first-order valence-electron chi connectivity index (χ1n) is 7.55. The lowest BCUT2D eigenvalue weighted by molar-refractivity contribution is 0.0953. The van der Waals surface area contributed by atoms with Crippen LogP contribution in [0.5, 0.6) is 5.75 Å². The second-order valence-corrected chi connectivity index (χ2v) is 5.66.